The predicted molar refractivity (Wildman–Crippen MR) is 66.8 cm³/mol. The van der Waals surface area contributed by atoms with Gasteiger partial charge in [-0.25, -0.2) is 0 Å². The first-order valence-corrected chi connectivity index (χ1v) is 6.03. The number of rotatable bonds is 5. The molecule has 0 aliphatic rings. The lowest BCUT2D eigenvalue weighted by Crippen LogP contribution is -2.29. The van der Waals surface area contributed by atoms with E-state index in [1.165, 1.54) is 4.68 Å². The van der Waals surface area contributed by atoms with Gasteiger partial charge in [0.05, 0.1) is 4.47 Å². The summed E-state index contributed by atoms with van der Waals surface area (Å²) in [4.78, 5) is 11.5. The highest BCUT2D eigenvalue weighted by Crippen LogP contribution is 2.15. The third-order valence-corrected chi connectivity index (χ3v) is 2.70. The zero-order valence-electron chi connectivity index (χ0n) is 9.53. The van der Waals surface area contributed by atoms with Crippen molar-refractivity contribution < 1.29 is 4.79 Å². The number of halogens is 1. The molecule has 5 nitrogen and oxygen atoms in total. The number of carbonyl (C=O) groups excluding carboxylic acids is 1. The van der Waals surface area contributed by atoms with Crippen LogP contribution in [0.4, 0.5) is 5.82 Å². The Morgan fingerprint density at radius 2 is 2.38 bits per heavy atom. The van der Waals surface area contributed by atoms with Crippen molar-refractivity contribution in [3.63, 3.8) is 0 Å². The van der Waals surface area contributed by atoms with Crippen LogP contribution in [0.25, 0.3) is 0 Å². The summed E-state index contributed by atoms with van der Waals surface area (Å²) < 4.78 is 2.23. The smallest absolute Gasteiger partial charge is 0.241 e. The van der Waals surface area contributed by atoms with Gasteiger partial charge in [0, 0.05) is 12.7 Å². The average molecular weight is 289 g/mol. The zero-order chi connectivity index (χ0) is 12.1. The van der Waals surface area contributed by atoms with E-state index in [0.29, 0.717) is 22.8 Å². The first-order chi connectivity index (χ1) is 7.49. The molecule has 1 aromatic heterocycles. The van der Waals surface area contributed by atoms with Gasteiger partial charge in [0.1, 0.15) is 6.54 Å². The van der Waals surface area contributed by atoms with E-state index >= 15 is 0 Å². The molecule has 16 heavy (non-hydrogen) atoms. The molecule has 0 radical (unpaired) electrons. The van der Waals surface area contributed by atoms with E-state index in [1.807, 2.05) is 0 Å². The van der Waals surface area contributed by atoms with Crippen molar-refractivity contribution in [2.24, 2.45) is 5.92 Å². The largest absolute Gasteiger partial charge is 0.381 e. The summed E-state index contributed by atoms with van der Waals surface area (Å²) in [5.74, 6) is 0.945. The van der Waals surface area contributed by atoms with E-state index in [0.717, 1.165) is 6.42 Å². The fourth-order valence-corrected chi connectivity index (χ4v) is 1.51. The van der Waals surface area contributed by atoms with Crippen LogP contribution in [-0.4, -0.2) is 22.2 Å². The van der Waals surface area contributed by atoms with Crippen molar-refractivity contribution in [2.45, 2.75) is 26.8 Å². The Balaban J connectivity index is 2.34. The first-order valence-electron chi connectivity index (χ1n) is 5.24. The SMILES string of the molecule is CC(C)CCNC(=O)Cn1cc(Br)c(N)n1. The zero-order valence-corrected chi connectivity index (χ0v) is 11.1. The van der Waals surface area contributed by atoms with Crippen molar-refractivity contribution >= 4 is 27.7 Å². The average Bonchev–Trinajstić information content (AvgIpc) is 2.44. The molecule has 0 aliphatic heterocycles. The summed E-state index contributed by atoms with van der Waals surface area (Å²) in [5.41, 5.74) is 5.55. The Morgan fingerprint density at radius 1 is 1.69 bits per heavy atom. The summed E-state index contributed by atoms with van der Waals surface area (Å²) in [6.45, 7) is 5.15. The number of nitrogens with two attached hydrogens (primary N) is 1. The summed E-state index contributed by atoms with van der Waals surface area (Å²) >= 11 is 3.24. The molecule has 3 N–H and O–H groups in total. The maximum Gasteiger partial charge on any atom is 0.241 e. The number of nitrogen functional groups attached to an aromatic ring is 1. The first kappa shape index (κ1) is 13.0. The lowest BCUT2D eigenvalue weighted by molar-refractivity contribution is -0.121. The summed E-state index contributed by atoms with van der Waals surface area (Å²) in [6, 6.07) is 0. The molecule has 0 bridgehead atoms. The topological polar surface area (TPSA) is 72.9 Å². The third kappa shape index (κ3) is 4.22. The van der Waals surface area contributed by atoms with Crippen LogP contribution in [-0.2, 0) is 11.3 Å². The van der Waals surface area contributed by atoms with Gasteiger partial charge in [0.25, 0.3) is 0 Å². The van der Waals surface area contributed by atoms with Crippen LogP contribution in [0.5, 0.6) is 0 Å². The van der Waals surface area contributed by atoms with E-state index in [1.54, 1.807) is 6.20 Å². The van der Waals surface area contributed by atoms with Crippen LogP contribution in [0.1, 0.15) is 20.3 Å². The monoisotopic (exact) mass is 288 g/mol. The molecule has 0 atom stereocenters. The number of hydrogen-bond donors (Lipinski definition) is 2. The summed E-state index contributed by atoms with van der Waals surface area (Å²) in [5, 5.41) is 6.82. The van der Waals surface area contributed by atoms with Gasteiger partial charge in [0.15, 0.2) is 5.82 Å². The van der Waals surface area contributed by atoms with Gasteiger partial charge >= 0.3 is 0 Å². The molecule has 1 rings (SSSR count). The number of hydrogen-bond acceptors (Lipinski definition) is 3. The van der Waals surface area contributed by atoms with E-state index in [2.05, 4.69) is 40.2 Å². The molecule has 0 aliphatic carbocycles. The molecular formula is C10H17BrN4O. The molecule has 1 aromatic rings. The van der Waals surface area contributed by atoms with E-state index in [-0.39, 0.29) is 12.5 Å². The van der Waals surface area contributed by atoms with E-state index < -0.39 is 0 Å². The Kier molecular flexibility index (Phi) is 4.79. The van der Waals surface area contributed by atoms with Crippen molar-refractivity contribution in [3.8, 4) is 0 Å². The second kappa shape index (κ2) is 5.89. The highest BCUT2D eigenvalue weighted by molar-refractivity contribution is 9.10. The van der Waals surface area contributed by atoms with Crippen LogP contribution in [0.3, 0.4) is 0 Å². The predicted octanol–water partition coefficient (Wildman–Crippen LogP) is 1.39. The fourth-order valence-electron chi connectivity index (χ4n) is 1.20. The number of aromatic nitrogens is 2. The third-order valence-electron chi connectivity index (χ3n) is 2.09. The second-order valence-corrected chi connectivity index (χ2v) is 4.95. The maximum absolute atomic E-state index is 11.5. The molecule has 1 amide bonds. The molecule has 0 aromatic carbocycles. The normalized spacial score (nSPS) is 10.8. The fraction of sp³-hybridized carbons (Fsp3) is 0.600. The molecule has 0 spiro atoms. The van der Waals surface area contributed by atoms with E-state index in [4.69, 9.17) is 5.73 Å². The van der Waals surface area contributed by atoms with Crippen LogP contribution >= 0.6 is 15.9 Å². The number of amides is 1. The maximum atomic E-state index is 11.5. The Morgan fingerprint density at radius 3 is 2.88 bits per heavy atom. The lowest BCUT2D eigenvalue weighted by atomic mass is 10.1. The highest BCUT2D eigenvalue weighted by atomic mass is 79.9. The minimum atomic E-state index is -0.0457. The molecule has 90 valence electrons. The Hall–Kier alpha value is -1.04. The molecule has 1 heterocycles. The van der Waals surface area contributed by atoms with Gasteiger partial charge in [-0.2, -0.15) is 5.10 Å². The van der Waals surface area contributed by atoms with Gasteiger partial charge < -0.3 is 11.1 Å². The van der Waals surface area contributed by atoms with E-state index in [9.17, 15) is 4.79 Å². The molecule has 6 heteroatoms. The molecule has 0 unspecified atom stereocenters. The quantitative estimate of drug-likeness (QED) is 0.860. The number of anilines is 1. The van der Waals surface area contributed by atoms with Crippen LogP contribution in [0, 0.1) is 5.92 Å². The molecular weight excluding hydrogens is 272 g/mol. The van der Waals surface area contributed by atoms with Crippen molar-refractivity contribution in [1.29, 1.82) is 0 Å². The molecule has 0 saturated carbocycles. The van der Waals surface area contributed by atoms with Crippen molar-refractivity contribution in [3.05, 3.63) is 10.7 Å². The Labute approximate surface area is 104 Å². The van der Waals surface area contributed by atoms with Crippen LogP contribution in [0.2, 0.25) is 0 Å². The Bertz CT molecular complexity index is 342. The summed E-state index contributed by atoms with van der Waals surface area (Å²) in [7, 11) is 0. The van der Waals surface area contributed by atoms with Crippen molar-refractivity contribution in [1.82, 2.24) is 15.1 Å². The van der Waals surface area contributed by atoms with Crippen LogP contribution in [0.15, 0.2) is 10.7 Å². The number of nitrogens with zero attached hydrogens (tertiary/aromatic N) is 2. The van der Waals surface area contributed by atoms with Gasteiger partial charge in [-0.3, -0.25) is 9.48 Å². The number of carbonyl (C=O) groups is 1. The minimum absolute atomic E-state index is 0.0457. The molecule has 0 fully saturated rings. The van der Waals surface area contributed by atoms with Gasteiger partial charge in [-0.05, 0) is 28.3 Å². The summed E-state index contributed by atoms with van der Waals surface area (Å²) in [6.07, 6.45) is 2.67. The van der Waals surface area contributed by atoms with Crippen LogP contribution < -0.4 is 11.1 Å². The van der Waals surface area contributed by atoms with Gasteiger partial charge in [-0.1, -0.05) is 13.8 Å². The second-order valence-electron chi connectivity index (χ2n) is 4.09. The van der Waals surface area contributed by atoms with Gasteiger partial charge in [-0.15, -0.1) is 0 Å². The number of nitrogens with one attached hydrogen (secondary N) is 1. The standard InChI is InChI=1S/C10H17BrN4O/c1-7(2)3-4-13-9(16)6-15-5-8(11)10(12)14-15/h5,7H,3-4,6H2,1-2H3,(H2,12,14)(H,13,16). The molecule has 0 saturated heterocycles. The minimum Gasteiger partial charge on any atom is -0.381 e. The highest BCUT2D eigenvalue weighted by Gasteiger charge is 2.06. The van der Waals surface area contributed by atoms with Crippen molar-refractivity contribution in [2.75, 3.05) is 12.3 Å². The lowest BCUT2D eigenvalue weighted by Gasteiger charge is -2.06. The van der Waals surface area contributed by atoms with Gasteiger partial charge in [0.2, 0.25) is 5.91 Å².